The van der Waals surface area contributed by atoms with Crippen molar-refractivity contribution in [1.29, 1.82) is 0 Å². The van der Waals surface area contributed by atoms with Crippen molar-refractivity contribution in [1.82, 2.24) is 5.32 Å². The summed E-state index contributed by atoms with van der Waals surface area (Å²) < 4.78 is 0. The Labute approximate surface area is 144 Å². The molecule has 2 aromatic carbocycles. The van der Waals surface area contributed by atoms with E-state index in [1.807, 2.05) is 60.7 Å². The van der Waals surface area contributed by atoms with E-state index in [9.17, 15) is 9.59 Å². The molecule has 0 aliphatic carbocycles. The van der Waals surface area contributed by atoms with Gasteiger partial charge in [-0.25, -0.2) is 0 Å². The number of rotatable bonds is 5. The molecule has 3 rings (SSSR count). The van der Waals surface area contributed by atoms with Crippen LogP contribution < -0.4 is 5.32 Å². The van der Waals surface area contributed by atoms with Crippen LogP contribution in [0.4, 0.5) is 0 Å². The van der Waals surface area contributed by atoms with Gasteiger partial charge in [0.2, 0.25) is 11.0 Å². The Morgan fingerprint density at radius 2 is 1.74 bits per heavy atom. The van der Waals surface area contributed by atoms with Crippen LogP contribution in [-0.2, 0) is 9.59 Å². The van der Waals surface area contributed by atoms with Gasteiger partial charge in [-0.2, -0.15) is 0 Å². The third kappa shape index (κ3) is 4.18. The lowest BCUT2D eigenvalue weighted by Gasteiger charge is -2.19. The molecule has 118 valence electrons. The predicted molar refractivity (Wildman–Crippen MR) is 95.5 cm³/mol. The number of carbonyl (C=O) groups excluding carboxylic acids is 2. The van der Waals surface area contributed by atoms with Crippen molar-refractivity contribution in [3.8, 4) is 0 Å². The maximum absolute atomic E-state index is 12.8. The Morgan fingerprint density at radius 1 is 1.09 bits per heavy atom. The van der Waals surface area contributed by atoms with Crippen molar-refractivity contribution in [2.75, 3.05) is 5.75 Å². The minimum Gasteiger partial charge on any atom is -0.344 e. The summed E-state index contributed by atoms with van der Waals surface area (Å²) in [7, 11) is 0. The van der Waals surface area contributed by atoms with Crippen LogP contribution in [0.5, 0.6) is 0 Å². The summed E-state index contributed by atoms with van der Waals surface area (Å²) in [5.41, 5.74) is 0.942. The van der Waals surface area contributed by atoms with Crippen molar-refractivity contribution in [3.63, 3.8) is 0 Å². The highest BCUT2D eigenvalue weighted by Gasteiger charge is 2.30. The summed E-state index contributed by atoms with van der Waals surface area (Å²) in [4.78, 5) is 25.6. The van der Waals surface area contributed by atoms with Gasteiger partial charge >= 0.3 is 0 Å². The lowest BCUT2D eigenvalue weighted by atomic mass is 10.1. The zero-order valence-corrected chi connectivity index (χ0v) is 14.1. The number of thioether (sulfide) groups is 2. The zero-order chi connectivity index (χ0) is 16.1. The van der Waals surface area contributed by atoms with Gasteiger partial charge in [0.15, 0.2) is 0 Å². The van der Waals surface area contributed by atoms with Crippen molar-refractivity contribution in [3.05, 3.63) is 66.2 Å². The largest absolute Gasteiger partial charge is 0.344 e. The fourth-order valence-electron chi connectivity index (χ4n) is 2.41. The molecule has 0 radical (unpaired) electrons. The van der Waals surface area contributed by atoms with E-state index in [1.165, 1.54) is 23.5 Å². The Hall–Kier alpha value is -1.72. The van der Waals surface area contributed by atoms with E-state index in [4.69, 9.17) is 0 Å². The molecule has 1 fully saturated rings. The van der Waals surface area contributed by atoms with Gasteiger partial charge in [-0.3, -0.25) is 9.59 Å². The van der Waals surface area contributed by atoms with Gasteiger partial charge in [-0.1, -0.05) is 60.3 Å². The highest BCUT2D eigenvalue weighted by atomic mass is 32.2. The molecular weight excluding hydrogens is 326 g/mol. The van der Waals surface area contributed by atoms with Crippen molar-refractivity contribution in [2.45, 2.75) is 22.6 Å². The number of hydrogen-bond acceptors (Lipinski definition) is 4. The van der Waals surface area contributed by atoms with Crippen LogP contribution in [0.25, 0.3) is 0 Å². The van der Waals surface area contributed by atoms with Gasteiger partial charge in [0, 0.05) is 10.6 Å². The monoisotopic (exact) mass is 343 g/mol. The maximum atomic E-state index is 12.8. The molecule has 1 aliphatic rings. The molecule has 0 spiro atoms. The van der Waals surface area contributed by atoms with Gasteiger partial charge in [0.1, 0.15) is 5.25 Å². The number of hydrogen-bond donors (Lipinski definition) is 1. The molecule has 3 nitrogen and oxygen atoms in total. The second-order valence-corrected chi connectivity index (χ2v) is 7.52. The summed E-state index contributed by atoms with van der Waals surface area (Å²) in [5, 5.41) is 2.62. The molecule has 1 heterocycles. The lowest BCUT2D eigenvalue weighted by Crippen LogP contribution is -2.39. The highest BCUT2D eigenvalue weighted by molar-refractivity contribution is 8.14. The Balaban J connectivity index is 1.79. The van der Waals surface area contributed by atoms with E-state index in [-0.39, 0.29) is 22.3 Å². The highest BCUT2D eigenvalue weighted by Crippen LogP contribution is 2.35. The maximum Gasteiger partial charge on any atom is 0.238 e. The lowest BCUT2D eigenvalue weighted by molar-refractivity contribution is -0.124. The molecule has 0 aromatic heterocycles. The molecular formula is C18H17NO2S2. The van der Waals surface area contributed by atoms with Crippen LogP contribution >= 0.6 is 23.5 Å². The average Bonchev–Trinajstić information content (AvgIpc) is 2.99. The normalized spacial score (nSPS) is 18.6. The summed E-state index contributed by atoms with van der Waals surface area (Å²) in [6.45, 7) is 0. The first-order valence-corrected chi connectivity index (χ1v) is 9.34. The molecule has 0 saturated carbocycles. The first kappa shape index (κ1) is 16.1. The summed E-state index contributed by atoms with van der Waals surface area (Å²) in [6.07, 6.45) is 0.715. The molecule has 1 N–H and O–H groups in total. The minimum absolute atomic E-state index is 0.0647. The van der Waals surface area contributed by atoms with Crippen molar-refractivity contribution < 1.29 is 9.59 Å². The fourth-order valence-corrected chi connectivity index (χ4v) is 4.40. The summed E-state index contributed by atoms with van der Waals surface area (Å²) in [6, 6.07) is 19.2. The van der Waals surface area contributed by atoms with Crippen LogP contribution in [0.1, 0.15) is 17.2 Å². The quantitative estimate of drug-likeness (QED) is 0.842. The number of benzene rings is 2. The van der Waals surface area contributed by atoms with Crippen LogP contribution in [0.15, 0.2) is 65.6 Å². The number of amides is 1. The number of nitrogens with one attached hydrogen (secondary N) is 1. The molecule has 23 heavy (non-hydrogen) atoms. The average molecular weight is 343 g/mol. The first-order chi connectivity index (χ1) is 11.2. The van der Waals surface area contributed by atoms with E-state index in [0.717, 1.165) is 16.2 Å². The third-order valence-electron chi connectivity index (χ3n) is 3.59. The van der Waals surface area contributed by atoms with Crippen molar-refractivity contribution >= 4 is 34.5 Å². The molecule has 1 aliphatic heterocycles. The third-order valence-corrected chi connectivity index (χ3v) is 5.86. The summed E-state index contributed by atoms with van der Waals surface area (Å²) >= 11 is 2.80. The standard InChI is InChI=1S/C18H17NO2S2/c20-17(19-15-11-12-22-18(15)21)16(13-7-3-1-4-8-13)23-14-9-5-2-6-10-14/h1-10,15-16H,11-12H2,(H,19,20)/t15-,16+/m0/s1. The molecule has 5 heteroatoms. The smallest absolute Gasteiger partial charge is 0.238 e. The molecule has 0 bridgehead atoms. The predicted octanol–water partition coefficient (Wildman–Crippen LogP) is 3.67. The van der Waals surface area contributed by atoms with Gasteiger partial charge in [0.05, 0.1) is 6.04 Å². The second-order valence-electron chi connectivity index (χ2n) is 5.24. The van der Waals surface area contributed by atoms with Crippen LogP contribution in [0, 0.1) is 0 Å². The summed E-state index contributed by atoms with van der Waals surface area (Å²) in [5.74, 6) is 0.678. The molecule has 2 atom stereocenters. The van der Waals surface area contributed by atoms with Gasteiger partial charge in [-0.15, -0.1) is 11.8 Å². The Bertz CT molecular complexity index is 676. The van der Waals surface area contributed by atoms with Gasteiger partial charge < -0.3 is 5.32 Å². The van der Waals surface area contributed by atoms with E-state index >= 15 is 0 Å². The Morgan fingerprint density at radius 3 is 2.35 bits per heavy atom. The SMILES string of the molecule is O=C1SCC[C@@H]1NC(=O)[C@H](Sc1ccccc1)c1ccccc1. The second kappa shape index (κ2) is 7.70. The minimum atomic E-state index is -0.364. The van der Waals surface area contributed by atoms with E-state index in [0.29, 0.717) is 6.42 Å². The molecule has 1 amide bonds. The van der Waals surface area contributed by atoms with E-state index in [2.05, 4.69) is 5.32 Å². The van der Waals surface area contributed by atoms with Crippen LogP contribution in [-0.4, -0.2) is 22.8 Å². The molecule has 1 saturated heterocycles. The van der Waals surface area contributed by atoms with Gasteiger partial charge in [0.25, 0.3) is 0 Å². The molecule has 0 unspecified atom stereocenters. The zero-order valence-electron chi connectivity index (χ0n) is 12.5. The van der Waals surface area contributed by atoms with Crippen LogP contribution in [0.3, 0.4) is 0 Å². The van der Waals surface area contributed by atoms with E-state index < -0.39 is 0 Å². The number of carbonyl (C=O) groups is 2. The van der Waals surface area contributed by atoms with Crippen molar-refractivity contribution in [2.24, 2.45) is 0 Å². The Kier molecular flexibility index (Phi) is 5.41. The van der Waals surface area contributed by atoms with Gasteiger partial charge in [-0.05, 0) is 24.1 Å². The molecule has 2 aromatic rings. The fraction of sp³-hybridized carbons (Fsp3) is 0.222. The van der Waals surface area contributed by atoms with E-state index in [1.54, 1.807) is 0 Å². The first-order valence-electron chi connectivity index (χ1n) is 7.48. The topological polar surface area (TPSA) is 46.2 Å². The van der Waals surface area contributed by atoms with Crippen LogP contribution in [0.2, 0.25) is 0 Å².